The summed E-state index contributed by atoms with van der Waals surface area (Å²) in [5.74, 6) is 0.623. The Morgan fingerprint density at radius 3 is 2.94 bits per heavy atom. The first-order chi connectivity index (χ1) is 8.70. The number of carbonyl (C=O) groups excluding carboxylic acids is 1. The molecule has 1 aliphatic carbocycles. The van der Waals surface area contributed by atoms with Crippen LogP contribution in [-0.2, 0) is 4.79 Å². The predicted octanol–water partition coefficient (Wildman–Crippen LogP) is 1.82. The molecule has 0 spiro atoms. The van der Waals surface area contributed by atoms with Gasteiger partial charge in [-0.3, -0.25) is 4.79 Å². The fourth-order valence-electron chi connectivity index (χ4n) is 1.81. The summed E-state index contributed by atoms with van der Waals surface area (Å²) in [6, 6.07) is 7.46. The van der Waals surface area contributed by atoms with Gasteiger partial charge in [0.1, 0.15) is 5.75 Å². The number of amides is 1. The summed E-state index contributed by atoms with van der Waals surface area (Å²) >= 11 is 0. The second-order valence-corrected chi connectivity index (χ2v) is 4.43. The Bertz CT molecular complexity index is 441. The van der Waals surface area contributed by atoms with Crippen LogP contribution in [-0.4, -0.2) is 30.0 Å². The summed E-state index contributed by atoms with van der Waals surface area (Å²) in [6.07, 6.45) is 3.91. The summed E-state index contributed by atoms with van der Waals surface area (Å²) in [5, 5.41) is 0. The Kier molecular flexibility index (Phi) is 3.87. The van der Waals surface area contributed by atoms with Crippen molar-refractivity contribution >= 4 is 11.6 Å². The van der Waals surface area contributed by atoms with Gasteiger partial charge in [-0.2, -0.15) is 0 Å². The number of ether oxygens (including phenoxy) is 1. The van der Waals surface area contributed by atoms with E-state index in [0.717, 1.165) is 12.8 Å². The zero-order valence-corrected chi connectivity index (χ0v) is 10.3. The van der Waals surface area contributed by atoms with Crippen LogP contribution in [0.2, 0.25) is 0 Å². The van der Waals surface area contributed by atoms with Crippen molar-refractivity contribution in [2.45, 2.75) is 18.9 Å². The van der Waals surface area contributed by atoms with Gasteiger partial charge in [-0.15, -0.1) is 6.58 Å². The van der Waals surface area contributed by atoms with Crippen molar-refractivity contribution in [1.29, 1.82) is 0 Å². The van der Waals surface area contributed by atoms with Crippen LogP contribution in [0.5, 0.6) is 5.75 Å². The molecule has 0 saturated heterocycles. The molecule has 1 aromatic rings. The molecule has 1 aliphatic rings. The van der Waals surface area contributed by atoms with Crippen molar-refractivity contribution in [3.63, 3.8) is 0 Å². The predicted molar refractivity (Wildman–Crippen MR) is 71.3 cm³/mol. The third-order valence-electron chi connectivity index (χ3n) is 2.85. The van der Waals surface area contributed by atoms with Crippen molar-refractivity contribution in [3.8, 4) is 5.75 Å². The Labute approximate surface area is 107 Å². The van der Waals surface area contributed by atoms with E-state index in [1.165, 1.54) is 0 Å². The first-order valence-corrected chi connectivity index (χ1v) is 6.09. The van der Waals surface area contributed by atoms with Gasteiger partial charge in [0.2, 0.25) is 0 Å². The molecule has 0 unspecified atom stereocenters. The quantitative estimate of drug-likeness (QED) is 0.615. The number of rotatable bonds is 6. The van der Waals surface area contributed by atoms with Gasteiger partial charge in [0.05, 0.1) is 0 Å². The minimum Gasteiger partial charge on any atom is -0.484 e. The maximum absolute atomic E-state index is 12.0. The number of carbonyl (C=O) groups is 1. The highest BCUT2D eigenvalue weighted by Crippen LogP contribution is 2.26. The molecule has 1 saturated carbocycles. The molecule has 0 aliphatic heterocycles. The molecule has 0 radical (unpaired) electrons. The molecule has 4 heteroatoms. The van der Waals surface area contributed by atoms with Crippen LogP contribution in [0.1, 0.15) is 12.8 Å². The highest BCUT2D eigenvalue weighted by atomic mass is 16.5. The Morgan fingerprint density at radius 1 is 1.56 bits per heavy atom. The van der Waals surface area contributed by atoms with Crippen LogP contribution in [0.15, 0.2) is 36.9 Å². The second-order valence-electron chi connectivity index (χ2n) is 4.43. The lowest BCUT2D eigenvalue weighted by Crippen LogP contribution is -2.36. The van der Waals surface area contributed by atoms with E-state index in [-0.39, 0.29) is 12.5 Å². The molecule has 96 valence electrons. The summed E-state index contributed by atoms with van der Waals surface area (Å²) < 4.78 is 5.45. The van der Waals surface area contributed by atoms with Gasteiger partial charge in [0.25, 0.3) is 5.91 Å². The van der Waals surface area contributed by atoms with Crippen LogP contribution < -0.4 is 10.5 Å². The largest absolute Gasteiger partial charge is 0.484 e. The molecule has 0 atom stereocenters. The average molecular weight is 246 g/mol. The number of hydrogen-bond acceptors (Lipinski definition) is 3. The van der Waals surface area contributed by atoms with Gasteiger partial charge in [0, 0.05) is 24.3 Å². The number of anilines is 1. The van der Waals surface area contributed by atoms with Crippen LogP contribution in [0.3, 0.4) is 0 Å². The SMILES string of the molecule is C=CCN(C(=O)COc1cccc(N)c1)C1CC1. The summed E-state index contributed by atoms with van der Waals surface area (Å²) in [5.41, 5.74) is 6.27. The van der Waals surface area contributed by atoms with E-state index in [2.05, 4.69) is 6.58 Å². The zero-order chi connectivity index (χ0) is 13.0. The van der Waals surface area contributed by atoms with Crippen molar-refractivity contribution < 1.29 is 9.53 Å². The van der Waals surface area contributed by atoms with Crippen molar-refractivity contribution in [1.82, 2.24) is 4.90 Å². The fraction of sp³-hybridized carbons (Fsp3) is 0.357. The molecule has 1 amide bonds. The number of nitrogens with zero attached hydrogens (tertiary/aromatic N) is 1. The third kappa shape index (κ3) is 3.26. The standard InChI is InChI=1S/C14H18N2O2/c1-2-8-16(12-6-7-12)14(17)10-18-13-5-3-4-11(15)9-13/h2-5,9,12H,1,6-8,10,15H2. The van der Waals surface area contributed by atoms with E-state index in [9.17, 15) is 4.79 Å². The molecular weight excluding hydrogens is 228 g/mol. The molecule has 2 N–H and O–H groups in total. The Morgan fingerprint density at radius 2 is 2.33 bits per heavy atom. The summed E-state index contributed by atoms with van der Waals surface area (Å²) in [6.45, 7) is 4.31. The van der Waals surface area contributed by atoms with E-state index in [0.29, 0.717) is 24.0 Å². The van der Waals surface area contributed by atoms with Crippen molar-refractivity contribution in [3.05, 3.63) is 36.9 Å². The van der Waals surface area contributed by atoms with Gasteiger partial charge in [-0.1, -0.05) is 12.1 Å². The van der Waals surface area contributed by atoms with Gasteiger partial charge in [-0.25, -0.2) is 0 Å². The van der Waals surface area contributed by atoms with Crippen LogP contribution >= 0.6 is 0 Å². The first-order valence-electron chi connectivity index (χ1n) is 6.09. The van der Waals surface area contributed by atoms with Crippen molar-refractivity contribution in [2.75, 3.05) is 18.9 Å². The molecule has 4 nitrogen and oxygen atoms in total. The van der Waals surface area contributed by atoms with E-state index >= 15 is 0 Å². The average Bonchev–Trinajstić information content (AvgIpc) is 3.17. The van der Waals surface area contributed by atoms with E-state index in [1.807, 2.05) is 4.90 Å². The van der Waals surface area contributed by atoms with Crippen LogP contribution in [0, 0.1) is 0 Å². The number of benzene rings is 1. The Balaban J connectivity index is 1.88. The molecule has 1 aromatic carbocycles. The lowest BCUT2D eigenvalue weighted by molar-refractivity contribution is -0.133. The summed E-state index contributed by atoms with van der Waals surface area (Å²) in [7, 11) is 0. The highest BCUT2D eigenvalue weighted by molar-refractivity contribution is 5.78. The maximum atomic E-state index is 12.0. The monoisotopic (exact) mass is 246 g/mol. The van der Waals surface area contributed by atoms with Gasteiger partial charge >= 0.3 is 0 Å². The molecule has 18 heavy (non-hydrogen) atoms. The van der Waals surface area contributed by atoms with Gasteiger partial charge in [0.15, 0.2) is 6.61 Å². The molecule has 1 fully saturated rings. The first kappa shape index (κ1) is 12.5. The molecular formula is C14H18N2O2. The van der Waals surface area contributed by atoms with Gasteiger partial charge < -0.3 is 15.4 Å². The topological polar surface area (TPSA) is 55.6 Å². The minimum atomic E-state index is -0.000163. The summed E-state index contributed by atoms with van der Waals surface area (Å²) in [4.78, 5) is 13.8. The smallest absolute Gasteiger partial charge is 0.261 e. The fourth-order valence-corrected chi connectivity index (χ4v) is 1.81. The third-order valence-corrected chi connectivity index (χ3v) is 2.85. The normalized spacial score (nSPS) is 14.0. The number of hydrogen-bond donors (Lipinski definition) is 1. The minimum absolute atomic E-state index is 0.000163. The lowest BCUT2D eigenvalue weighted by atomic mass is 10.3. The van der Waals surface area contributed by atoms with Crippen LogP contribution in [0.25, 0.3) is 0 Å². The molecule has 0 aromatic heterocycles. The van der Waals surface area contributed by atoms with E-state index in [4.69, 9.17) is 10.5 Å². The van der Waals surface area contributed by atoms with E-state index < -0.39 is 0 Å². The lowest BCUT2D eigenvalue weighted by Gasteiger charge is -2.20. The second kappa shape index (κ2) is 5.58. The Hall–Kier alpha value is -1.97. The molecule has 0 bridgehead atoms. The zero-order valence-electron chi connectivity index (χ0n) is 10.3. The molecule has 0 heterocycles. The van der Waals surface area contributed by atoms with Crippen molar-refractivity contribution in [2.24, 2.45) is 0 Å². The number of nitrogen functional groups attached to an aromatic ring is 1. The maximum Gasteiger partial charge on any atom is 0.261 e. The van der Waals surface area contributed by atoms with E-state index in [1.54, 1.807) is 30.3 Å². The van der Waals surface area contributed by atoms with Gasteiger partial charge in [-0.05, 0) is 25.0 Å². The molecule has 2 rings (SSSR count). The highest BCUT2D eigenvalue weighted by Gasteiger charge is 2.31. The van der Waals surface area contributed by atoms with Crippen LogP contribution in [0.4, 0.5) is 5.69 Å². The number of nitrogens with two attached hydrogens (primary N) is 1.